The summed E-state index contributed by atoms with van der Waals surface area (Å²) in [5.41, 5.74) is 1.33. The Hall–Kier alpha value is -3.38. The fourth-order valence-electron chi connectivity index (χ4n) is 2.97. The van der Waals surface area contributed by atoms with Gasteiger partial charge in [0.1, 0.15) is 11.6 Å². The normalized spacial score (nSPS) is 11.3. The molecule has 0 saturated heterocycles. The minimum Gasteiger partial charge on any atom is -0.422 e. The number of hydrogen-bond donors (Lipinski definition) is 0. The van der Waals surface area contributed by atoms with Gasteiger partial charge in [0.05, 0.1) is 5.56 Å². The molecule has 33 heavy (non-hydrogen) atoms. The van der Waals surface area contributed by atoms with Gasteiger partial charge >= 0.3 is 5.97 Å². The first-order valence-electron chi connectivity index (χ1n) is 9.70. The summed E-state index contributed by atoms with van der Waals surface area (Å²) < 4.78 is 7.04. The Balaban J connectivity index is 1.71. The van der Waals surface area contributed by atoms with Crippen LogP contribution in [0.4, 0.5) is 0 Å². The third kappa shape index (κ3) is 5.52. The molecule has 1 heterocycles. The topological polar surface area (TPSA) is 61.2 Å². The van der Waals surface area contributed by atoms with E-state index in [4.69, 9.17) is 39.5 Å². The second kappa shape index (κ2) is 10.0. The van der Waals surface area contributed by atoms with Crippen LogP contribution in [-0.2, 0) is 4.74 Å². The van der Waals surface area contributed by atoms with Gasteiger partial charge in [-0.2, -0.15) is 0 Å². The molecule has 0 atom stereocenters. The van der Waals surface area contributed by atoms with E-state index in [1.807, 2.05) is 0 Å². The molecule has 0 unspecified atom stereocenters. The molecule has 4 rings (SSSR count). The lowest BCUT2D eigenvalue weighted by molar-refractivity contribution is 0.0693. The summed E-state index contributed by atoms with van der Waals surface area (Å²) in [6, 6.07) is 19.6. The average Bonchev–Trinajstić information content (AvgIpc) is 3.28. The molecule has 0 aliphatic carbocycles. The second-order valence-electron chi connectivity index (χ2n) is 6.88. The van der Waals surface area contributed by atoms with Crippen molar-refractivity contribution in [3.63, 3.8) is 0 Å². The van der Waals surface area contributed by atoms with Gasteiger partial charge in [-0.25, -0.2) is 9.78 Å². The molecule has 5 nitrogen and oxygen atoms in total. The lowest BCUT2D eigenvalue weighted by Crippen LogP contribution is -2.13. The molecule has 0 radical (unpaired) electrons. The van der Waals surface area contributed by atoms with Crippen molar-refractivity contribution in [2.24, 2.45) is 0 Å². The largest absolute Gasteiger partial charge is 0.422 e. The highest BCUT2D eigenvalue weighted by Crippen LogP contribution is 2.24. The van der Waals surface area contributed by atoms with Gasteiger partial charge in [0.15, 0.2) is 0 Å². The number of ether oxygens (including phenoxy) is 1. The Morgan fingerprint density at radius 1 is 0.727 bits per heavy atom. The van der Waals surface area contributed by atoms with E-state index >= 15 is 0 Å². The Kier molecular flexibility index (Phi) is 6.94. The van der Waals surface area contributed by atoms with E-state index in [1.54, 1.807) is 72.8 Å². The molecule has 0 aliphatic rings. The van der Waals surface area contributed by atoms with Crippen molar-refractivity contribution in [2.45, 2.75) is 0 Å². The number of nitrogens with zero attached hydrogens (tertiary/aromatic N) is 2. The van der Waals surface area contributed by atoms with Gasteiger partial charge in [-0.15, -0.1) is 0 Å². The van der Waals surface area contributed by atoms with E-state index in [1.165, 1.54) is 23.0 Å². The van der Waals surface area contributed by atoms with Crippen LogP contribution in [-0.4, -0.2) is 21.4 Å². The molecular formula is C25H15Cl3N2O3. The molecular weight excluding hydrogens is 483 g/mol. The highest BCUT2D eigenvalue weighted by Gasteiger charge is 2.17. The average molecular weight is 498 g/mol. The Labute approximate surface area is 204 Å². The van der Waals surface area contributed by atoms with Crippen LogP contribution >= 0.6 is 34.8 Å². The summed E-state index contributed by atoms with van der Waals surface area (Å²) in [6.45, 7) is 0. The maximum absolute atomic E-state index is 13.0. The quantitative estimate of drug-likeness (QED) is 0.222. The summed E-state index contributed by atoms with van der Waals surface area (Å²) in [5, 5.41) is 1.56. The van der Waals surface area contributed by atoms with Crippen LogP contribution in [0.3, 0.4) is 0 Å². The van der Waals surface area contributed by atoms with Crippen molar-refractivity contribution in [3.8, 4) is 0 Å². The van der Waals surface area contributed by atoms with Crippen molar-refractivity contribution in [2.75, 3.05) is 0 Å². The number of hydrogen-bond acceptors (Lipinski definition) is 4. The fourth-order valence-corrected chi connectivity index (χ4v) is 3.35. The zero-order chi connectivity index (χ0) is 23.4. The van der Waals surface area contributed by atoms with Crippen molar-refractivity contribution in [1.82, 2.24) is 9.55 Å². The van der Waals surface area contributed by atoms with Gasteiger partial charge < -0.3 is 4.74 Å². The molecule has 0 saturated carbocycles. The van der Waals surface area contributed by atoms with Gasteiger partial charge in [0, 0.05) is 44.7 Å². The Morgan fingerprint density at radius 2 is 1.21 bits per heavy atom. The molecule has 0 spiro atoms. The molecule has 4 aromatic rings. The minimum absolute atomic E-state index is 0.197. The van der Waals surface area contributed by atoms with Crippen LogP contribution in [0.15, 0.2) is 85.2 Å². The Bertz CT molecular complexity index is 1330. The fraction of sp³-hybridized carbons (Fsp3) is 0. The molecule has 0 N–H and O–H groups in total. The molecule has 0 fully saturated rings. The van der Waals surface area contributed by atoms with Crippen molar-refractivity contribution in [3.05, 3.63) is 123 Å². The van der Waals surface area contributed by atoms with E-state index in [9.17, 15) is 9.59 Å². The van der Waals surface area contributed by atoms with Crippen LogP contribution < -0.4 is 0 Å². The predicted octanol–water partition coefficient (Wildman–Crippen LogP) is 6.89. The molecule has 0 bridgehead atoms. The molecule has 0 aliphatic heterocycles. The van der Waals surface area contributed by atoms with E-state index in [2.05, 4.69) is 4.98 Å². The van der Waals surface area contributed by atoms with Crippen LogP contribution in [0.5, 0.6) is 0 Å². The third-order valence-corrected chi connectivity index (χ3v) is 5.41. The number of imidazole rings is 1. The zero-order valence-electron chi connectivity index (χ0n) is 16.9. The number of benzene rings is 3. The number of esters is 1. The highest BCUT2D eigenvalue weighted by atomic mass is 35.5. The summed E-state index contributed by atoms with van der Waals surface area (Å²) in [5.74, 6) is -0.420. The molecule has 0 amide bonds. The van der Waals surface area contributed by atoms with E-state index in [-0.39, 0.29) is 17.5 Å². The van der Waals surface area contributed by atoms with Crippen molar-refractivity contribution < 1.29 is 14.3 Å². The van der Waals surface area contributed by atoms with Gasteiger partial charge in [-0.1, -0.05) is 34.8 Å². The summed E-state index contributed by atoms with van der Waals surface area (Å²) >= 11 is 17.8. The Morgan fingerprint density at radius 3 is 1.76 bits per heavy atom. The molecule has 164 valence electrons. The van der Waals surface area contributed by atoms with E-state index in [0.29, 0.717) is 31.8 Å². The zero-order valence-corrected chi connectivity index (χ0v) is 19.2. The first kappa shape index (κ1) is 22.8. The lowest BCUT2D eigenvalue weighted by Gasteiger charge is -2.11. The van der Waals surface area contributed by atoms with Gasteiger partial charge in [0.2, 0.25) is 0 Å². The van der Waals surface area contributed by atoms with E-state index in [0.717, 1.165) is 0 Å². The van der Waals surface area contributed by atoms with E-state index < -0.39 is 5.97 Å². The maximum atomic E-state index is 13.0. The number of carbonyl (C=O) groups is 2. The molecule has 1 aromatic heterocycles. The van der Waals surface area contributed by atoms with Gasteiger partial charge in [0.25, 0.3) is 5.91 Å². The maximum Gasteiger partial charge on any atom is 0.343 e. The third-order valence-electron chi connectivity index (χ3n) is 4.65. The van der Waals surface area contributed by atoms with Crippen LogP contribution in [0.25, 0.3) is 11.8 Å². The van der Waals surface area contributed by atoms with Crippen molar-refractivity contribution >= 4 is 58.5 Å². The van der Waals surface area contributed by atoms with Crippen molar-refractivity contribution in [1.29, 1.82) is 0 Å². The van der Waals surface area contributed by atoms with Crippen LogP contribution in [0, 0.1) is 0 Å². The lowest BCUT2D eigenvalue weighted by atomic mass is 10.1. The predicted molar refractivity (Wildman–Crippen MR) is 130 cm³/mol. The standard InChI is InChI=1S/C25H15Cl3N2O3/c26-19-7-1-16(2-8-19)22(33-25(32)18-5-11-21(28)12-6-18)15-23-29-13-14-30(23)24(31)17-3-9-20(27)10-4-17/h1-15H. The SMILES string of the molecule is O=C(OC(=Cc1nccn1C(=O)c1ccc(Cl)cc1)c1ccc(Cl)cc1)c1ccc(Cl)cc1. The first-order valence-corrected chi connectivity index (χ1v) is 10.8. The number of halogens is 3. The van der Waals surface area contributed by atoms with Gasteiger partial charge in [-0.3, -0.25) is 9.36 Å². The number of rotatable bonds is 5. The number of carbonyl (C=O) groups excluding carboxylic acids is 2. The van der Waals surface area contributed by atoms with Crippen LogP contribution in [0.2, 0.25) is 15.1 Å². The monoisotopic (exact) mass is 496 g/mol. The van der Waals surface area contributed by atoms with Crippen LogP contribution in [0.1, 0.15) is 32.1 Å². The second-order valence-corrected chi connectivity index (χ2v) is 8.19. The molecule has 3 aromatic carbocycles. The summed E-state index contributed by atoms with van der Waals surface area (Å²) in [6.07, 6.45) is 4.54. The number of aromatic nitrogens is 2. The first-order chi connectivity index (χ1) is 15.9. The summed E-state index contributed by atoms with van der Waals surface area (Å²) in [7, 11) is 0. The minimum atomic E-state index is -0.588. The smallest absolute Gasteiger partial charge is 0.343 e. The molecule has 8 heteroatoms. The van der Waals surface area contributed by atoms with Gasteiger partial charge in [-0.05, 0) is 72.8 Å². The summed E-state index contributed by atoms with van der Waals surface area (Å²) in [4.78, 5) is 30.0. The highest BCUT2D eigenvalue weighted by molar-refractivity contribution is 6.31.